The summed E-state index contributed by atoms with van der Waals surface area (Å²) in [7, 11) is 0. The zero-order valence-corrected chi connectivity index (χ0v) is 8.88. The van der Waals surface area contributed by atoms with Gasteiger partial charge in [-0.2, -0.15) is 0 Å². The van der Waals surface area contributed by atoms with E-state index in [9.17, 15) is 9.59 Å². The fraction of sp³-hybridized carbons (Fsp3) is 0.200. The smallest absolute Gasteiger partial charge is 0.304 e. The highest BCUT2D eigenvalue weighted by molar-refractivity contribution is 6.33. The number of esters is 1. The SMILES string of the molecule is CC(=O)OCNC(=O)c1ccccc1Cl. The van der Waals surface area contributed by atoms with Gasteiger partial charge in [0.25, 0.3) is 5.91 Å². The van der Waals surface area contributed by atoms with Crippen LogP contribution in [0.4, 0.5) is 0 Å². The second-order valence-corrected chi connectivity index (χ2v) is 3.17. The Morgan fingerprint density at radius 3 is 2.67 bits per heavy atom. The first-order valence-corrected chi connectivity index (χ1v) is 4.65. The molecule has 15 heavy (non-hydrogen) atoms. The molecule has 0 aliphatic rings. The molecule has 0 fully saturated rings. The average molecular weight is 228 g/mol. The fourth-order valence-corrected chi connectivity index (χ4v) is 1.17. The van der Waals surface area contributed by atoms with Gasteiger partial charge in [-0.1, -0.05) is 23.7 Å². The molecule has 0 atom stereocenters. The monoisotopic (exact) mass is 227 g/mol. The number of amides is 1. The molecule has 0 saturated carbocycles. The quantitative estimate of drug-likeness (QED) is 0.630. The Bertz CT molecular complexity index is 379. The normalized spacial score (nSPS) is 9.47. The van der Waals surface area contributed by atoms with Crippen molar-refractivity contribution in [3.8, 4) is 0 Å². The van der Waals surface area contributed by atoms with E-state index >= 15 is 0 Å². The van der Waals surface area contributed by atoms with Crippen LogP contribution in [0.5, 0.6) is 0 Å². The maximum atomic E-state index is 11.5. The molecular formula is C10H10ClNO3. The predicted molar refractivity (Wildman–Crippen MR) is 55.6 cm³/mol. The first kappa shape index (κ1) is 11.5. The summed E-state index contributed by atoms with van der Waals surface area (Å²) in [5.74, 6) is -0.823. The minimum absolute atomic E-state index is 0.153. The molecule has 0 saturated heterocycles. The van der Waals surface area contributed by atoms with E-state index in [-0.39, 0.29) is 12.6 Å². The van der Waals surface area contributed by atoms with Gasteiger partial charge in [0.15, 0.2) is 6.73 Å². The molecule has 1 amide bonds. The van der Waals surface area contributed by atoms with Crippen molar-refractivity contribution < 1.29 is 14.3 Å². The molecule has 0 heterocycles. The number of benzene rings is 1. The largest absolute Gasteiger partial charge is 0.445 e. The molecule has 1 aromatic rings. The predicted octanol–water partition coefficient (Wildman–Crippen LogP) is 1.59. The van der Waals surface area contributed by atoms with Gasteiger partial charge in [0.05, 0.1) is 10.6 Å². The van der Waals surface area contributed by atoms with Gasteiger partial charge >= 0.3 is 5.97 Å². The summed E-state index contributed by atoms with van der Waals surface area (Å²) in [6.45, 7) is 1.11. The highest BCUT2D eigenvalue weighted by atomic mass is 35.5. The molecule has 0 unspecified atom stereocenters. The molecule has 0 radical (unpaired) electrons. The lowest BCUT2D eigenvalue weighted by Gasteiger charge is -2.06. The Labute approximate surface area is 92.2 Å². The maximum Gasteiger partial charge on any atom is 0.304 e. The highest BCUT2D eigenvalue weighted by Gasteiger charge is 2.08. The molecule has 5 heteroatoms. The third-order valence-corrected chi connectivity index (χ3v) is 1.96. The van der Waals surface area contributed by atoms with E-state index in [2.05, 4.69) is 10.1 Å². The van der Waals surface area contributed by atoms with E-state index in [1.165, 1.54) is 6.92 Å². The summed E-state index contributed by atoms with van der Waals surface area (Å²) in [5.41, 5.74) is 0.353. The molecule has 0 aliphatic heterocycles. The van der Waals surface area contributed by atoms with E-state index < -0.39 is 5.97 Å². The number of carbonyl (C=O) groups excluding carboxylic acids is 2. The van der Waals surface area contributed by atoms with Crippen LogP contribution in [0, 0.1) is 0 Å². The van der Waals surface area contributed by atoms with Gasteiger partial charge in [0.2, 0.25) is 0 Å². The molecule has 1 aromatic carbocycles. The Hall–Kier alpha value is -1.55. The molecular weight excluding hydrogens is 218 g/mol. The molecule has 1 N–H and O–H groups in total. The molecule has 0 aromatic heterocycles. The molecule has 0 spiro atoms. The number of rotatable bonds is 3. The van der Waals surface area contributed by atoms with Crippen molar-refractivity contribution in [1.29, 1.82) is 0 Å². The van der Waals surface area contributed by atoms with Crippen LogP contribution in [-0.2, 0) is 9.53 Å². The number of hydrogen-bond acceptors (Lipinski definition) is 3. The topological polar surface area (TPSA) is 55.4 Å². The zero-order valence-electron chi connectivity index (χ0n) is 8.12. The Morgan fingerprint density at radius 1 is 1.40 bits per heavy atom. The zero-order chi connectivity index (χ0) is 11.3. The minimum atomic E-state index is -0.450. The van der Waals surface area contributed by atoms with Crippen molar-refractivity contribution >= 4 is 23.5 Å². The van der Waals surface area contributed by atoms with Crippen molar-refractivity contribution in [2.75, 3.05) is 6.73 Å². The van der Waals surface area contributed by atoms with E-state index in [0.29, 0.717) is 10.6 Å². The van der Waals surface area contributed by atoms with E-state index in [1.54, 1.807) is 24.3 Å². The second kappa shape index (κ2) is 5.36. The standard InChI is InChI=1S/C10H10ClNO3/c1-7(13)15-6-12-10(14)8-4-2-3-5-9(8)11/h2-5H,6H2,1H3,(H,12,14). The van der Waals surface area contributed by atoms with Gasteiger partial charge in [0, 0.05) is 6.92 Å². The van der Waals surface area contributed by atoms with Crippen molar-refractivity contribution in [2.24, 2.45) is 0 Å². The maximum absolute atomic E-state index is 11.5. The third kappa shape index (κ3) is 3.59. The Morgan fingerprint density at radius 2 is 2.07 bits per heavy atom. The van der Waals surface area contributed by atoms with Gasteiger partial charge in [-0.15, -0.1) is 0 Å². The second-order valence-electron chi connectivity index (χ2n) is 2.77. The van der Waals surface area contributed by atoms with Crippen LogP contribution in [0.1, 0.15) is 17.3 Å². The van der Waals surface area contributed by atoms with Crippen LogP contribution < -0.4 is 5.32 Å². The van der Waals surface area contributed by atoms with Crippen molar-refractivity contribution in [3.63, 3.8) is 0 Å². The molecule has 4 nitrogen and oxygen atoms in total. The fourth-order valence-electron chi connectivity index (χ4n) is 0.944. The summed E-state index contributed by atoms with van der Waals surface area (Å²) in [6, 6.07) is 6.63. The van der Waals surface area contributed by atoms with Gasteiger partial charge in [-0.25, -0.2) is 0 Å². The lowest BCUT2D eigenvalue weighted by Crippen LogP contribution is -2.27. The van der Waals surface area contributed by atoms with Gasteiger partial charge in [0.1, 0.15) is 0 Å². The molecule has 0 bridgehead atoms. The van der Waals surface area contributed by atoms with Gasteiger partial charge in [-0.3, -0.25) is 9.59 Å². The first-order chi connectivity index (χ1) is 7.11. The Balaban J connectivity index is 2.54. The van der Waals surface area contributed by atoms with Crippen LogP contribution >= 0.6 is 11.6 Å². The summed E-state index contributed by atoms with van der Waals surface area (Å²) in [6.07, 6.45) is 0. The van der Waals surface area contributed by atoms with E-state index in [1.807, 2.05) is 0 Å². The number of hydrogen-bond donors (Lipinski definition) is 1. The van der Waals surface area contributed by atoms with Crippen molar-refractivity contribution in [1.82, 2.24) is 5.32 Å². The van der Waals surface area contributed by atoms with Crippen molar-refractivity contribution in [3.05, 3.63) is 34.9 Å². The molecule has 80 valence electrons. The number of carbonyl (C=O) groups is 2. The van der Waals surface area contributed by atoms with Crippen LogP contribution in [0.25, 0.3) is 0 Å². The van der Waals surface area contributed by atoms with Crippen LogP contribution in [0.3, 0.4) is 0 Å². The number of nitrogens with one attached hydrogen (secondary N) is 1. The van der Waals surface area contributed by atoms with E-state index in [4.69, 9.17) is 11.6 Å². The minimum Gasteiger partial charge on any atom is -0.445 e. The van der Waals surface area contributed by atoms with Crippen LogP contribution in [-0.4, -0.2) is 18.6 Å². The van der Waals surface area contributed by atoms with E-state index in [0.717, 1.165) is 0 Å². The molecule has 0 aliphatic carbocycles. The van der Waals surface area contributed by atoms with Crippen LogP contribution in [0.2, 0.25) is 5.02 Å². The highest BCUT2D eigenvalue weighted by Crippen LogP contribution is 2.14. The van der Waals surface area contributed by atoms with Crippen molar-refractivity contribution in [2.45, 2.75) is 6.92 Å². The number of halogens is 1. The summed E-state index contributed by atoms with van der Waals surface area (Å²) in [5, 5.41) is 2.76. The van der Waals surface area contributed by atoms with Gasteiger partial charge < -0.3 is 10.1 Å². The number of ether oxygens (including phenoxy) is 1. The first-order valence-electron chi connectivity index (χ1n) is 4.27. The molecule has 1 rings (SSSR count). The summed E-state index contributed by atoms with van der Waals surface area (Å²) >= 11 is 5.79. The average Bonchev–Trinajstić information content (AvgIpc) is 2.17. The summed E-state index contributed by atoms with van der Waals surface area (Å²) in [4.78, 5) is 21.9. The third-order valence-electron chi connectivity index (χ3n) is 1.63. The Kier molecular flexibility index (Phi) is 4.12. The van der Waals surface area contributed by atoms with Gasteiger partial charge in [-0.05, 0) is 12.1 Å². The lowest BCUT2D eigenvalue weighted by atomic mass is 10.2. The lowest BCUT2D eigenvalue weighted by molar-refractivity contribution is -0.141. The van der Waals surface area contributed by atoms with Crippen LogP contribution in [0.15, 0.2) is 24.3 Å². The summed E-state index contributed by atoms with van der Waals surface area (Å²) < 4.78 is 4.56.